The Morgan fingerprint density at radius 1 is 1.14 bits per heavy atom. The first-order valence-corrected chi connectivity index (χ1v) is 9.22. The molecule has 7 heteroatoms. The van der Waals surface area contributed by atoms with E-state index >= 15 is 0 Å². The molecule has 0 fully saturated rings. The monoisotopic (exact) mass is 397 g/mol. The van der Waals surface area contributed by atoms with Crippen LogP contribution in [0.3, 0.4) is 0 Å². The number of allylic oxidation sites excluding steroid dienone is 1. The van der Waals surface area contributed by atoms with Crippen molar-refractivity contribution in [3.05, 3.63) is 71.9 Å². The van der Waals surface area contributed by atoms with Crippen LogP contribution < -0.4 is 10.6 Å². The maximum absolute atomic E-state index is 13.0. The van der Waals surface area contributed by atoms with Gasteiger partial charge in [-0.15, -0.1) is 0 Å². The van der Waals surface area contributed by atoms with Crippen molar-refractivity contribution in [3.63, 3.8) is 0 Å². The number of amides is 1. The number of carbonyl (C=O) groups excluding carboxylic acids is 1. The lowest BCUT2D eigenvalue weighted by Crippen LogP contribution is -2.09. The number of carbonyl (C=O) groups is 1. The molecular weight excluding hydrogens is 379 g/mol. The predicted octanol–water partition coefficient (Wildman–Crippen LogP) is 5.48. The van der Waals surface area contributed by atoms with Gasteiger partial charge >= 0.3 is 6.18 Å². The molecule has 4 rings (SSSR count). The second-order valence-electron chi connectivity index (χ2n) is 6.86. The Balaban J connectivity index is 1.60. The van der Waals surface area contributed by atoms with Crippen molar-refractivity contribution >= 4 is 33.8 Å². The van der Waals surface area contributed by atoms with Gasteiger partial charge in [0.1, 0.15) is 0 Å². The zero-order valence-corrected chi connectivity index (χ0v) is 15.4. The quantitative estimate of drug-likeness (QED) is 0.563. The summed E-state index contributed by atoms with van der Waals surface area (Å²) >= 11 is 0. The SMILES string of the molecule is O=C(/C=C1\CCCNc2cc(C(F)(F)F)ccc21)Nc1ccc2cccnc2c1. The Kier molecular flexibility index (Phi) is 4.96. The van der Waals surface area contributed by atoms with Gasteiger partial charge < -0.3 is 10.6 Å². The second kappa shape index (κ2) is 7.58. The number of pyridine rings is 1. The number of aromatic nitrogens is 1. The van der Waals surface area contributed by atoms with E-state index in [1.165, 1.54) is 12.1 Å². The van der Waals surface area contributed by atoms with Gasteiger partial charge in [-0.3, -0.25) is 9.78 Å². The van der Waals surface area contributed by atoms with Crippen molar-refractivity contribution in [1.29, 1.82) is 0 Å². The second-order valence-corrected chi connectivity index (χ2v) is 6.86. The van der Waals surface area contributed by atoms with Crippen LogP contribution >= 0.6 is 0 Å². The normalized spacial score (nSPS) is 15.5. The molecule has 0 unspecified atom stereocenters. The van der Waals surface area contributed by atoms with Crippen LogP contribution in [0.4, 0.5) is 24.5 Å². The van der Waals surface area contributed by atoms with Gasteiger partial charge in [0.05, 0.1) is 11.1 Å². The standard InChI is InChI=1S/C22H18F3N3O/c23-22(24,25)16-6-8-18-15(4-2-10-27-20(18)12-16)11-21(29)28-17-7-5-14-3-1-9-26-19(14)13-17/h1,3,5-9,11-13,27H,2,4,10H2,(H,28,29)/b15-11+. The minimum absolute atomic E-state index is 0.331. The minimum atomic E-state index is -4.41. The molecule has 1 aliphatic rings. The first-order chi connectivity index (χ1) is 13.9. The number of anilines is 2. The third-order valence-corrected chi connectivity index (χ3v) is 4.81. The maximum Gasteiger partial charge on any atom is 0.416 e. The zero-order chi connectivity index (χ0) is 20.4. The van der Waals surface area contributed by atoms with Crippen molar-refractivity contribution in [2.24, 2.45) is 0 Å². The largest absolute Gasteiger partial charge is 0.416 e. The molecule has 148 valence electrons. The van der Waals surface area contributed by atoms with E-state index in [-0.39, 0.29) is 5.91 Å². The van der Waals surface area contributed by atoms with Gasteiger partial charge in [0.25, 0.3) is 0 Å². The van der Waals surface area contributed by atoms with Crippen molar-refractivity contribution in [3.8, 4) is 0 Å². The van der Waals surface area contributed by atoms with E-state index in [4.69, 9.17) is 0 Å². The summed E-state index contributed by atoms with van der Waals surface area (Å²) in [5.41, 5.74) is 2.38. The molecule has 0 bridgehead atoms. The van der Waals surface area contributed by atoms with Crippen molar-refractivity contribution in [2.75, 3.05) is 17.2 Å². The Morgan fingerprint density at radius 3 is 2.83 bits per heavy atom. The molecule has 29 heavy (non-hydrogen) atoms. The third-order valence-electron chi connectivity index (χ3n) is 4.81. The molecule has 0 atom stereocenters. The van der Waals surface area contributed by atoms with Gasteiger partial charge in [0, 0.05) is 41.1 Å². The average molecular weight is 397 g/mol. The van der Waals surface area contributed by atoms with Crippen LogP contribution in [-0.2, 0) is 11.0 Å². The molecule has 0 spiro atoms. The number of halogens is 3. The fourth-order valence-corrected chi connectivity index (χ4v) is 3.41. The topological polar surface area (TPSA) is 54.0 Å². The highest BCUT2D eigenvalue weighted by atomic mass is 19.4. The molecule has 0 saturated heterocycles. The van der Waals surface area contributed by atoms with E-state index in [1.807, 2.05) is 18.2 Å². The Bertz CT molecular complexity index is 1110. The summed E-state index contributed by atoms with van der Waals surface area (Å²) in [6, 6.07) is 12.8. The lowest BCUT2D eigenvalue weighted by molar-refractivity contribution is -0.137. The number of nitrogens with one attached hydrogen (secondary N) is 2. The number of hydrogen-bond donors (Lipinski definition) is 2. The summed E-state index contributed by atoms with van der Waals surface area (Å²) in [6.45, 7) is 0.545. The van der Waals surface area contributed by atoms with Gasteiger partial charge in [-0.05, 0) is 48.7 Å². The molecule has 1 amide bonds. The number of alkyl halides is 3. The number of rotatable bonds is 2. The van der Waals surface area contributed by atoms with E-state index in [9.17, 15) is 18.0 Å². The number of nitrogens with zero attached hydrogens (tertiary/aromatic N) is 1. The van der Waals surface area contributed by atoms with Crippen molar-refractivity contribution in [1.82, 2.24) is 4.98 Å². The molecule has 2 aromatic carbocycles. The van der Waals surface area contributed by atoms with Crippen LogP contribution in [0.1, 0.15) is 24.0 Å². The maximum atomic E-state index is 13.0. The van der Waals surface area contributed by atoms with E-state index in [0.29, 0.717) is 35.5 Å². The Labute approximate surface area is 165 Å². The first kappa shape index (κ1) is 19.0. The molecule has 4 nitrogen and oxygen atoms in total. The van der Waals surface area contributed by atoms with Gasteiger partial charge in [0.15, 0.2) is 0 Å². The van der Waals surface area contributed by atoms with Crippen LogP contribution in [0.25, 0.3) is 16.5 Å². The lowest BCUT2D eigenvalue weighted by atomic mass is 9.98. The number of hydrogen-bond acceptors (Lipinski definition) is 3. The van der Waals surface area contributed by atoms with Crippen LogP contribution in [0.2, 0.25) is 0 Å². The molecule has 3 aromatic rings. The smallest absolute Gasteiger partial charge is 0.385 e. The van der Waals surface area contributed by atoms with Crippen LogP contribution in [0.15, 0.2) is 60.8 Å². The van der Waals surface area contributed by atoms with Crippen molar-refractivity contribution < 1.29 is 18.0 Å². The summed E-state index contributed by atoms with van der Waals surface area (Å²) in [5, 5.41) is 6.81. The highest BCUT2D eigenvalue weighted by molar-refractivity contribution is 6.05. The summed E-state index contributed by atoms with van der Waals surface area (Å²) < 4.78 is 39.0. The fraction of sp³-hybridized carbons (Fsp3) is 0.182. The van der Waals surface area contributed by atoms with E-state index in [0.717, 1.165) is 29.5 Å². The number of benzene rings is 2. The molecule has 0 saturated carbocycles. The number of fused-ring (bicyclic) bond motifs is 2. The molecule has 1 aromatic heterocycles. The van der Waals surface area contributed by atoms with Crippen LogP contribution in [0.5, 0.6) is 0 Å². The summed E-state index contributed by atoms with van der Waals surface area (Å²) in [6.07, 6.45) is 0.0454. The summed E-state index contributed by atoms with van der Waals surface area (Å²) in [5.74, 6) is -0.331. The van der Waals surface area contributed by atoms with E-state index < -0.39 is 11.7 Å². The van der Waals surface area contributed by atoms with Crippen LogP contribution in [0, 0.1) is 0 Å². The summed E-state index contributed by atoms with van der Waals surface area (Å²) in [4.78, 5) is 16.8. The van der Waals surface area contributed by atoms with Gasteiger partial charge in [-0.2, -0.15) is 13.2 Å². The van der Waals surface area contributed by atoms with Crippen molar-refractivity contribution in [2.45, 2.75) is 19.0 Å². The van der Waals surface area contributed by atoms with Crippen LogP contribution in [-0.4, -0.2) is 17.4 Å². The molecular formula is C22H18F3N3O. The predicted molar refractivity (Wildman–Crippen MR) is 108 cm³/mol. The summed E-state index contributed by atoms with van der Waals surface area (Å²) in [7, 11) is 0. The zero-order valence-electron chi connectivity index (χ0n) is 15.4. The Morgan fingerprint density at radius 2 is 2.00 bits per heavy atom. The third kappa shape index (κ3) is 4.23. The molecule has 0 aliphatic carbocycles. The van der Waals surface area contributed by atoms with Gasteiger partial charge in [-0.25, -0.2) is 0 Å². The van der Waals surface area contributed by atoms with Gasteiger partial charge in [-0.1, -0.05) is 18.2 Å². The molecule has 2 N–H and O–H groups in total. The molecule has 2 heterocycles. The fourth-order valence-electron chi connectivity index (χ4n) is 3.41. The Hall–Kier alpha value is -3.35. The average Bonchev–Trinajstić information content (AvgIpc) is 2.89. The highest BCUT2D eigenvalue weighted by Gasteiger charge is 2.31. The molecule has 0 radical (unpaired) electrons. The lowest BCUT2D eigenvalue weighted by Gasteiger charge is -2.14. The minimum Gasteiger partial charge on any atom is -0.385 e. The van der Waals surface area contributed by atoms with E-state index in [2.05, 4.69) is 15.6 Å². The highest BCUT2D eigenvalue weighted by Crippen LogP contribution is 2.36. The van der Waals surface area contributed by atoms with E-state index in [1.54, 1.807) is 18.3 Å². The molecule has 1 aliphatic heterocycles. The first-order valence-electron chi connectivity index (χ1n) is 9.22. The van der Waals surface area contributed by atoms with Gasteiger partial charge in [0.2, 0.25) is 5.91 Å².